The first kappa shape index (κ1) is 24.8. The monoisotopic (exact) mass is 500 g/mol. The summed E-state index contributed by atoms with van der Waals surface area (Å²) in [5, 5.41) is 1.24. The highest BCUT2D eigenvalue weighted by Crippen LogP contribution is 2.39. The second-order valence-corrected chi connectivity index (χ2v) is 9.11. The first-order valence-corrected chi connectivity index (χ1v) is 11.3. The van der Waals surface area contributed by atoms with E-state index in [4.69, 9.17) is 4.74 Å². The summed E-state index contributed by atoms with van der Waals surface area (Å²) in [6.07, 6.45) is 4.21. The number of fused-ring (bicyclic) bond motifs is 3. The van der Waals surface area contributed by atoms with Crippen molar-refractivity contribution >= 4 is 23.3 Å². The van der Waals surface area contributed by atoms with Crippen LogP contribution >= 0.6 is 12.4 Å². The van der Waals surface area contributed by atoms with Crippen LogP contribution < -0.4 is 4.74 Å². The van der Waals surface area contributed by atoms with Gasteiger partial charge >= 0.3 is 0 Å². The van der Waals surface area contributed by atoms with Crippen molar-refractivity contribution in [2.75, 3.05) is 6.54 Å². The topological polar surface area (TPSA) is 28.3 Å². The van der Waals surface area contributed by atoms with Gasteiger partial charge in [-0.1, -0.05) is 18.2 Å². The molecule has 34 heavy (non-hydrogen) atoms. The zero-order valence-corrected chi connectivity index (χ0v) is 19.5. The van der Waals surface area contributed by atoms with E-state index >= 15 is 0 Å². The first-order chi connectivity index (χ1) is 15.8. The van der Waals surface area contributed by atoms with Crippen molar-refractivity contribution in [1.29, 1.82) is 0 Å². The summed E-state index contributed by atoms with van der Waals surface area (Å²) in [7, 11) is 0. The highest BCUT2D eigenvalue weighted by atomic mass is 35.5. The number of para-hydroxylation sites is 1. The fraction of sp³-hybridized carbons (Fsp3) is 0.440. The van der Waals surface area contributed by atoms with E-state index < -0.39 is 40.9 Å². The van der Waals surface area contributed by atoms with Gasteiger partial charge in [-0.2, -0.15) is 8.78 Å². The summed E-state index contributed by atoms with van der Waals surface area (Å²) >= 11 is 0. The van der Waals surface area contributed by atoms with Crippen LogP contribution in [0.25, 0.3) is 10.9 Å². The lowest BCUT2D eigenvalue weighted by Gasteiger charge is -2.39. The molecular formula is C25H26ClF5N2O. The maximum Gasteiger partial charge on any atom is 0.207 e. The number of rotatable bonds is 6. The lowest BCUT2D eigenvalue weighted by molar-refractivity contribution is 0.0434. The van der Waals surface area contributed by atoms with Crippen LogP contribution in [0.4, 0.5) is 22.0 Å². The third kappa shape index (κ3) is 4.26. The number of nitrogens with one attached hydrogen (secondary N) is 1. The predicted molar refractivity (Wildman–Crippen MR) is 122 cm³/mol. The Morgan fingerprint density at radius 1 is 0.912 bits per heavy atom. The molecule has 1 aromatic heterocycles. The molecule has 2 saturated heterocycles. The van der Waals surface area contributed by atoms with E-state index in [-0.39, 0.29) is 24.5 Å². The number of aromatic amines is 1. The normalized spacial score (nSPS) is 22.2. The van der Waals surface area contributed by atoms with Crippen LogP contribution in [0.2, 0.25) is 0 Å². The molecule has 1 N–H and O–H groups in total. The number of aryl methyl sites for hydroxylation is 2. The summed E-state index contributed by atoms with van der Waals surface area (Å²) in [6, 6.07) is 8.60. The third-order valence-electron chi connectivity index (χ3n) is 7.17. The van der Waals surface area contributed by atoms with Gasteiger partial charge in [0.1, 0.15) is 6.10 Å². The van der Waals surface area contributed by atoms with Gasteiger partial charge in [0.15, 0.2) is 5.75 Å². The number of ether oxygens (including phenoxy) is 1. The van der Waals surface area contributed by atoms with Crippen molar-refractivity contribution in [3.8, 4) is 5.75 Å². The van der Waals surface area contributed by atoms with Crippen LogP contribution in [0, 0.1) is 36.0 Å². The van der Waals surface area contributed by atoms with Crippen molar-refractivity contribution in [2.45, 2.75) is 63.6 Å². The van der Waals surface area contributed by atoms with Crippen LogP contribution in [0.3, 0.4) is 0 Å². The second-order valence-electron chi connectivity index (χ2n) is 9.11. The molecule has 5 rings (SSSR count). The van der Waals surface area contributed by atoms with E-state index in [9.17, 15) is 22.0 Å². The lowest BCUT2D eigenvalue weighted by Crippen LogP contribution is -2.46. The first-order valence-electron chi connectivity index (χ1n) is 11.3. The van der Waals surface area contributed by atoms with Crippen LogP contribution in [-0.2, 0) is 6.42 Å². The Hall–Kier alpha value is -2.32. The molecule has 0 saturated carbocycles. The molecule has 0 radical (unpaired) electrons. The maximum atomic E-state index is 14.0. The Morgan fingerprint density at radius 2 is 1.50 bits per heavy atom. The summed E-state index contributed by atoms with van der Waals surface area (Å²) in [5.74, 6) is -11.1. The van der Waals surface area contributed by atoms with Gasteiger partial charge in [-0.05, 0) is 63.6 Å². The highest BCUT2D eigenvalue weighted by molar-refractivity contribution is 5.85. The standard InChI is InChI=1S/C25H25F5N2O.ClH/c1-13-17(18-5-2-3-7-19(18)31-13)6-4-10-32-14-8-9-15(32)12-16(11-14)33-25-23(29)21(27)20(26)22(28)24(25)30;/h2-3,5,7,14-16,31H,4,6,8-12H2,1H3;1H. The SMILES string of the molecule is Cc1[nH]c2ccccc2c1CCCN1C2CCC1CC(Oc1c(F)c(F)c(F)c(F)c1F)C2.Cl. The Morgan fingerprint density at radius 3 is 2.15 bits per heavy atom. The number of piperidine rings is 1. The van der Waals surface area contributed by atoms with Crippen LogP contribution in [0.5, 0.6) is 5.75 Å². The minimum atomic E-state index is -2.17. The van der Waals surface area contributed by atoms with Gasteiger partial charge in [0.05, 0.1) is 0 Å². The summed E-state index contributed by atoms with van der Waals surface area (Å²) in [6.45, 7) is 2.98. The Kier molecular flexibility index (Phi) is 7.10. The van der Waals surface area contributed by atoms with Gasteiger partial charge in [-0.3, -0.25) is 4.90 Å². The van der Waals surface area contributed by atoms with Gasteiger partial charge in [0.25, 0.3) is 0 Å². The molecule has 0 amide bonds. The van der Waals surface area contributed by atoms with E-state index in [1.165, 1.54) is 16.6 Å². The van der Waals surface area contributed by atoms with E-state index in [0.717, 1.165) is 37.7 Å². The summed E-state index contributed by atoms with van der Waals surface area (Å²) in [5.41, 5.74) is 3.63. The molecule has 2 fully saturated rings. The minimum absolute atomic E-state index is 0. The van der Waals surface area contributed by atoms with E-state index in [1.54, 1.807) is 0 Å². The summed E-state index contributed by atoms with van der Waals surface area (Å²) < 4.78 is 73.8. The van der Waals surface area contributed by atoms with Gasteiger partial charge < -0.3 is 9.72 Å². The zero-order valence-electron chi connectivity index (χ0n) is 18.6. The Labute approximate surface area is 200 Å². The van der Waals surface area contributed by atoms with Crippen molar-refractivity contribution in [1.82, 2.24) is 9.88 Å². The van der Waals surface area contributed by atoms with Crippen LogP contribution in [-0.4, -0.2) is 34.6 Å². The van der Waals surface area contributed by atoms with Crippen molar-refractivity contribution < 1.29 is 26.7 Å². The Balaban J connectivity index is 0.00000274. The quantitative estimate of drug-likeness (QED) is 0.235. The van der Waals surface area contributed by atoms with Gasteiger partial charge in [-0.15, -0.1) is 12.4 Å². The average Bonchev–Trinajstić information content (AvgIpc) is 3.25. The molecule has 2 atom stereocenters. The summed E-state index contributed by atoms with van der Waals surface area (Å²) in [4.78, 5) is 5.85. The number of H-pyrrole nitrogens is 1. The minimum Gasteiger partial charge on any atom is -0.484 e. The molecule has 2 aliphatic rings. The molecule has 2 unspecified atom stereocenters. The molecule has 3 heterocycles. The van der Waals surface area contributed by atoms with Crippen LogP contribution in [0.1, 0.15) is 43.4 Å². The lowest BCUT2D eigenvalue weighted by atomic mass is 9.98. The fourth-order valence-electron chi connectivity index (χ4n) is 5.64. The highest BCUT2D eigenvalue weighted by Gasteiger charge is 2.42. The molecule has 2 aliphatic heterocycles. The molecule has 3 aromatic rings. The molecule has 2 aromatic carbocycles. The number of hydrogen-bond donors (Lipinski definition) is 1. The Bertz CT molecular complexity index is 1160. The molecular weight excluding hydrogens is 475 g/mol. The molecule has 3 nitrogen and oxygen atoms in total. The number of halogens is 6. The predicted octanol–water partition coefficient (Wildman–Crippen LogP) is 6.60. The van der Waals surface area contributed by atoms with Crippen molar-refractivity contribution in [3.63, 3.8) is 0 Å². The molecule has 0 spiro atoms. The smallest absolute Gasteiger partial charge is 0.207 e. The van der Waals surface area contributed by atoms with Gasteiger partial charge in [0, 0.05) is 28.7 Å². The number of hydrogen-bond acceptors (Lipinski definition) is 2. The maximum absolute atomic E-state index is 14.0. The molecule has 184 valence electrons. The van der Waals surface area contributed by atoms with E-state index in [0.29, 0.717) is 12.8 Å². The van der Waals surface area contributed by atoms with Gasteiger partial charge in [0.2, 0.25) is 29.1 Å². The van der Waals surface area contributed by atoms with Crippen molar-refractivity contribution in [3.05, 3.63) is 64.6 Å². The molecule has 0 aliphatic carbocycles. The number of aromatic nitrogens is 1. The zero-order chi connectivity index (χ0) is 23.3. The number of nitrogens with zero attached hydrogens (tertiary/aromatic N) is 1. The van der Waals surface area contributed by atoms with Gasteiger partial charge in [-0.25, -0.2) is 13.2 Å². The van der Waals surface area contributed by atoms with E-state index in [1.807, 2.05) is 12.1 Å². The second kappa shape index (κ2) is 9.74. The average molecular weight is 501 g/mol. The molecule has 9 heteroatoms. The van der Waals surface area contributed by atoms with E-state index in [2.05, 4.69) is 28.9 Å². The molecule has 2 bridgehead atoms. The van der Waals surface area contributed by atoms with Crippen LogP contribution in [0.15, 0.2) is 24.3 Å². The largest absolute Gasteiger partial charge is 0.484 e. The fourth-order valence-corrected chi connectivity index (χ4v) is 5.64. The van der Waals surface area contributed by atoms with Crippen molar-refractivity contribution in [2.24, 2.45) is 0 Å². The third-order valence-corrected chi connectivity index (χ3v) is 7.17. The number of benzene rings is 2.